The Kier molecular flexibility index (Phi) is 5.99. The highest BCUT2D eigenvalue weighted by atomic mass is 35.5. The maximum Gasteiger partial charge on any atom is 0.119 e. The van der Waals surface area contributed by atoms with E-state index in [0.29, 0.717) is 0 Å². The molecule has 0 aromatic heterocycles. The molecule has 1 heterocycles. The first-order valence-corrected chi connectivity index (χ1v) is 7.82. The van der Waals surface area contributed by atoms with Crippen LogP contribution in [0.3, 0.4) is 0 Å². The van der Waals surface area contributed by atoms with E-state index in [1.165, 1.54) is 37.9 Å². The molecular weight excluding hydrogens is 258 g/mol. The van der Waals surface area contributed by atoms with Crippen LogP contribution in [-0.2, 0) is 0 Å². The number of piperidine rings is 1. The Labute approximate surface area is 121 Å². The lowest BCUT2D eigenvalue weighted by Crippen LogP contribution is -2.32. The second kappa shape index (κ2) is 7.76. The van der Waals surface area contributed by atoms with Gasteiger partial charge >= 0.3 is 0 Å². The van der Waals surface area contributed by atoms with Gasteiger partial charge in [-0.3, -0.25) is 0 Å². The molecule has 2 nitrogen and oxygen atoms in total. The van der Waals surface area contributed by atoms with Crippen molar-refractivity contribution >= 4 is 11.6 Å². The third kappa shape index (κ3) is 4.70. The van der Waals surface area contributed by atoms with Crippen LogP contribution in [0.4, 0.5) is 0 Å². The molecule has 1 fully saturated rings. The van der Waals surface area contributed by atoms with Crippen molar-refractivity contribution in [2.45, 2.75) is 38.0 Å². The lowest BCUT2D eigenvalue weighted by atomic mass is 10.1. The van der Waals surface area contributed by atoms with E-state index in [2.05, 4.69) is 24.0 Å². The second-order valence-corrected chi connectivity index (χ2v) is 5.77. The molecule has 0 amide bonds. The number of hydrogen-bond donors (Lipinski definition) is 0. The fourth-order valence-corrected chi connectivity index (χ4v) is 2.81. The number of ether oxygens (including phenoxy) is 1. The average molecular weight is 282 g/mol. The third-order valence-electron chi connectivity index (χ3n) is 3.58. The van der Waals surface area contributed by atoms with Crippen LogP contribution in [0.25, 0.3) is 0 Å². The van der Waals surface area contributed by atoms with E-state index in [4.69, 9.17) is 16.3 Å². The molecule has 0 saturated carbocycles. The third-order valence-corrected chi connectivity index (χ3v) is 3.97. The molecule has 3 heteroatoms. The summed E-state index contributed by atoms with van der Waals surface area (Å²) < 4.78 is 5.59. The zero-order valence-corrected chi connectivity index (χ0v) is 12.5. The zero-order chi connectivity index (χ0) is 13.5. The molecule has 106 valence electrons. The Morgan fingerprint density at radius 1 is 1.16 bits per heavy atom. The van der Waals surface area contributed by atoms with Crippen molar-refractivity contribution < 1.29 is 4.74 Å². The predicted octanol–water partition coefficient (Wildman–Crippen LogP) is 4.24. The van der Waals surface area contributed by atoms with E-state index in [9.17, 15) is 0 Å². The van der Waals surface area contributed by atoms with Gasteiger partial charge in [0.05, 0.1) is 12.0 Å². The first-order chi connectivity index (χ1) is 9.29. The fraction of sp³-hybridized carbons (Fsp3) is 0.625. The van der Waals surface area contributed by atoms with Crippen LogP contribution >= 0.6 is 11.6 Å². The molecule has 1 unspecified atom stereocenters. The van der Waals surface area contributed by atoms with Gasteiger partial charge in [-0.25, -0.2) is 0 Å². The quantitative estimate of drug-likeness (QED) is 0.723. The van der Waals surface area contributed by atoms with Crippen molar-refractivity contribution in [3.8, 4) is 5.75 Å². The van der Waals surface area contributed by atoms with Crippen molar-refractivity contribution in [2.75, 3.05) is 26.2 Å². The highest BCUT2D eigenvalue weighted by Gasteiger charge is 2.15. The maximum atomic E-state index is 6.51. The van der Waals surface area contributed by atoms with Crippen molar-refractivity contribution in [3.63, 3.8) is 0 Å². The average Bonchev–Trinajstić information content (AvgIpc) is 2.46. The summed E-state index contributed by atoms with van der Waals surface area (Å²) in [7, 11) is 0. The molecule has 1 aliphatic rings. The summed E-state index contributed by atoms with van der Waals surface area (Å²) in [6, 6.07) is 8.23. The van der Waals surface area contributed by atoms with Gasteiger partial charge in [-0.2, -0.15) is 0 Å². The van der Waals surface area contributed by atoms with Gasteiger partial charge in [0, 0.05) is 6.54 Å². The molecule has 1 atom stereocenters. The Morgan fingerprint density at radius 3 is 2.47 bits per heavy atom. The summed E-state index contributed by atoms with van der Waals surface area (Å²) in [4.78, 5) is 2.47. The number of alkyl halides is 1. The molecular formula is C16H24ClNO. The molecule has 0 N–H and O–H groups in total. The van der Waals surface area contributed by atoms with Crippen LogP contribution in [0.2, 0.25) is 0 Å². The number of hydrogen-bond acceptors (Lipinski definition) is 2. The molecule has 1 aromatic rings. The minimum absolute atomic E-state index is 0.0818. The van der Waals surface area contributed by atoms with Crippen LogP contribution in [0.5, 0.6) is 5.75 Å². The standard InChI is InChI=1S/C16H24ClNO/c1-2-12-19-15-8-6-14(7-9-15)16(17)13-18-10-4-3-5-11-18/h6-9,16H,2-5,10-13H2,1H3. The lowest BCUT2D eigenvalue weighted by Gasteiger charge is -2.28. The van der Waals surface area contributed by atoms with Gasteiger partial charge in [-0.05, 0) is 50.0 Å². The molecule has 0 bridgehead atoms. The lowest BCUT2D eigenvalue weighted by molar-refractivity contribution is 0.229. The van der Waals surface area contributed by atoms with E-state index in [1.807, 2.05) is 12.1 Å². The second-order valence-electron chi connectivity index (χ2n) is 5.25. The first-order valence-electron chi connectivity index (χ1n) is 7.39. The van der Waals surface area contributed by atoms with Crippen molar-refractivity contribution in [1.82, 2.24) is 4.90 Å². The first kappa shape index (κ1) is 14.7. The van der Waals surface area contributed by atoms with Crippen LogP contribution in [0, 0.1) is 0 Å². The van der Waals surface area contributed by atoms with Gasteiger partial charge in [0.25, 0.3) is 0 Å². The van der Waals surface area contributed by atoms with E-state index >= 15 is 0 Å². The van der Waals surface area contributed by atoms with E-state index < -0.39 is 0 Å². The SMILES string of the molecule is CCCOc1ccc(C(Cl)CN2CCCCC2)cc1. The van der Waals surface area contributed by atoms with Gasteiger partial charge < -0.3 is 9.64 Å². The number of nitrogens with zero attached hydrogens (tertiary/aromatic N) is 1. The van der Waals surface area contributed by atoms with E-state index in [-0.39, 0.29) is 5.38 Å². The smallest absolute Gasteiger partial charge is 0.119 e. The summed E-state index contributed by atoms with van der Waals surface area (Å²) in [6.07, 6.45) is 5.03. The van der Waals surface area contributed by atoms with Crippen LogP contribution in [-0.4, -0.2) is 31.1 Å². The van der Waals surface area contributed by atoms with Crippen molar-refractivity contribution in [3.05, 3.63) is 29.8 Å². The van der Waals surface area contributed by atoms with Gasteiger partial charge in [0.15, 0.2) is 0 Å². The Bertz CT molecular complexity index is 360. The molecule has 0 radical (unpaired) electrons. The number of likely N-dealkylation sites (tertiary alicyclic amines) is 1. The number of benzene rings is 1. The van der Waals surface area contributed by atoms with Crippen molar-refractivity contribution in [1.29, 1.82) is 0 Å². The van der Waals surface area contributed by atoms with E-state index in [1.54, 1.807) is 0 Å². The molecule has 0 aliphatic carbocycles. The van der Waals surface area contributed by atoms with Crippen molar-refractivity contribution in [2.24, 2.45) is 0 Å². The summed E-state index contributed by atoms with van der Waals surface area (Å²) in [6.45, 7) is 6.23. The van der Waals surface area contributed by atoms with Crippen LogP contribution in [0.15, 0.2) is 24.3 Å². The van der Waals surface area contributed by atoms with Crippen LogP contribution in [0.1, 0.15) is 43.5 Å². The Balaban J connectivity index is 1.85. The monoisotopic (exact) mass is 281 g/mol. The van der Waals surface area contributed by atoms with Crippen LogP contribution < -0.4 is 4.74 Å². The minimum Gasteiger partial charge on any atom is -0.494 e. The summed E-state index contributed by atoms with van der Waals surface area (Å²) in [5.74, 6) is 0.937. The van der Waals surface area contributed by atoms with E-state index in [0.717, 1.165) is 25.3 Å². The Morgan fingerprint density at radius 2 is 1.84 bits per heavy atom. The zero-order valence-electron chi connectivity index (χ0n) is 11.8. The molecule has 1 saturated heterocycles. The highest BCUT2D eigenvalue weighted by molar-refractivity contribution is 6.21. The summed E-state index contributed by atoms with van der Waals surface area (Å²) in [5.41, 5.74) is 1.19. The Hall–Kier alpha value is -0.730. The summed E-state index contributed by atoms with van der Waals surface area (Å²) >= 11 is 6.51. The maximum absolute atomic E-state index is 6.51. The van der Waals surface area contributed by atoms with Gasteiger partial charge in [0.2, 0.25) is 0 Å². The molecule has 2 rings (SSSR count). The van der Waals surface area contributed by atoms with Gasteiger partial charge in [-0.15, -0.1) is 11.6 Å². The van der Waals surface area contributed by atoms with Gasteiger partial charge in [-0.1, -0.05) is 25.5 Å². The molecule has 19 heavy (non-hydrogen) atoms. The minimum atomic E-state index is 0.0818. The summed E-state index contributed by atoms with van der Waals surface area (Å²) in [5, 5.41) is 0.0818. The number of halogens is 1. The predicted molar refractivity (Wildman–Crippen MR) is 81.1 cm³/mol. The van der Waals surface area contributed by atoms with Gasteiger partial charge in [0.1, 0.15) is 5.75 Å². The molecule has 1 aromatic carbocycles. The molecule has 0 spiro atoms. The molecule has 1 aliphatic heterocycles. The topological polar surface area (TPSA) is 12.5 Å². The highest BCUT2D eigenvalue weighted by Crippen LogP contribution is 2.25. The number of rotatable bonds is 6. The normalized spacial score (nSPS) is 18.2. The largest absolute Gasteiger partial charge is 0.494 e. The fourth-order valence-electron chi connectivity index (χ4n) is 2.47.